The van der Waals surface area contributed by atoms with Crippen molar-refractivity contribution in [3.63, 3.8) is 0 Å². The van der Waals surface area contributed by atoms with E-state index < -0.39 is 0 Å². The van der Waals surface area contributed by atoms with Gasteiger partial charge in [0.2, 0.25) is 0 Å². The van der Waals surface area contributed by atoms with E-state index in [1.165, 1.54) is 6.20 Å². The van der Waals surface area contributed by atoms with Gasteiger partial charge in [-0.25, -0.2) is 0 Å². The molecule has 0 aliphatic heterocycles. The zero-order valence-corrected chi connectivity index (χ0v) is 10.3. The number of hydrogen-bond acceptors (Lipinski definition) is 3. The highest BCUT2D eigenvalue weighted by Gasteiger charge is 2.08. The molecule has 0 radical (unpaired) electrons. The van der Waals surface area contributed by atoms with Crippen LogP contribution in [-0.4, -0.2) is 23.1 Å². The zero-order valence-electron chi connectivity index (χ0n) is 7.87. The minimum Gasteiger partial charge on any atom is -0.364 e. The van der Waals surface area contributed by atoms with Gasteiger partial charge in [-0.15, -0.1) is 0 Å². The van der Waals surface area contributed by atoms with E-state index >= 15 is 0 Å². The molecule has 0 aliphatic rings. The maximum atomic E-state index is 11.6. The summed E-state index contributed by atoms with van der Waals surface area (Å²) >= 11 is 8.02. The van der Waals surface area contributed by atoms with E-state index in [1.54, 1.807) is 19.3 Å². The maximum Gasteiger partial charge on any atom is 0.270 e. The largest absolute Gasteiger partial charge is 0.364 e. The van der Waals surface area contributed by atoms with Crippen molar-refractivity contribution in [3.8, 4) is 0 Å². The minimum absolute atomic E-state index is 0.290. The Balaban J connectivity index is 2.62. The third-order valence-electron chi connectivity index (χ3n) is 1.53. The topological polar surface area (TPSA) is 66.0 Å². The molecule has 1 aromatic rings. The average molecular weight is 289 g/mol. The second-order valence-corrected chi connectivity index (χ2v) is 3.78. The van der Waals surface area contributed by atoms with Crippen LogP contribution in [-0.2, 0) is 0 Å². The molecule has 5 nitrogen and oxygen atoms in total. The van der Waals surface area contributed by atoms with Crippen molar-refractivity contribution < 1.29 is 4.79 Å². The molecule has 1 amide bonds. The fourth-order valence-electron chi connectivity index (χ4n) is 0.803. The Bertz CT molecular complexity index is 385. The van der Waals surface area contributed by atoms with Crippen molar-refractivity contribution in [2.45, 2.75) is 0 Å². The second kappa shape index (κ2) is 5.62. The van der Waals surface area contributed by atoms with Crippen LogP contribution in [0.3, 0.4) is 0 Å². The molecular weight excluding hydrogens is 280 g/mol. The van der Waals surface area contributed by atoms with Crippen molar-refractivity contribution in [2.24, 2.45) is 0 Å². The van der Waals surface area contributed by atoms with E-state index in [2.05, 4.69) is 37.1 Å². The van der Waals surface area contributed by atoms with Crippen LogP contribution in [0.25, 0.3) is 0 Å². The number of rotatable bonds is 1. The molecule has 15 heavy (non-hydrogen) atoms. The van der Waals surface area contributed by atoms with Crippen molar-refractivity contribution in [1.29, 1.82) is 0 Å². The van der Waals surface area contributed by atoms with Gasteiger partial charge in [0.25, 0.3) is 5.91 Å². The van der Waals surface area contributed by atoms with Crippen molar-refractivity contribution in [2.75, 3.05) is 7.05 Å². The van der Waals surface area contributed by atoms with Crippen LogP contribution in [0.2, 0.25) is 0 Å². The molecule has 1 heterocycles. The van der Waals surface area contributed by atoms with Crippen LogP contribution < -0.4 is 16.2 Å². The Kier molecular flexibility index (Phi) is 4.44. The molecular formula is C8H9BrN4OS. The summed E-state index contributed by atoms with van der Waals surface area (Å²) in [5, 5.41) is 3.01. The molecule has 0 atom stereocenters. The van der Waals surface area contributed by atoms with Gasteiger partial charge in [0.1, 0.15) is 0 Å². The van der Waals surface area contributed by atoms with E-state index in [0.717, 1.165) is 0 Å². The van der Waals surface area contributed by atoms with Gasteiger partial charge in [0.15, 0.2) is 5.11 Å². The second-order valence-electron chi connectivity index (χ2n) is 2.51. The van der Waals surface area contributed by atoms with E-state index in [-0.39, 0.29) is 5.91 Å². The van der Waals surface area contributed by atoms with Crippen molar-refractivity contribution in [1.82, 2.24) is 21.2 Å². The van der Waals surface area contributed by atoms with Gasteiger partial charge in [-0.05, 0) is 34.2 Å². The molecule has 0 aliphatic carbocycles. The molecule has 0 unspecified atom stereocenters. The number of hydrazine groups is 1. The van der Waals surface area contributed by atoms with Gasteiger partial charge < -0.3 is 5.32 Å². The quantitative estimate of drug-likeness (QED) is 0.521. The van der Waals surface area contributed by atoms with Crippen LogP contribution in [0.15, 0.2) is 22.9 Å². The zero-order chi connectivity index (χ0) is 11.3. The van der Waals surface area contributed by atoms with Crippen LogP contribution in [0, 0.1) is 0 Å². The lowest BCUT2D eigenvalue weighted by Gasteiger charge is -2.09. The molecule has 3 N–H and O–H groups in total. The summed E-state index contributed by atoms with van der Waals surface area (Å²) in [6.07, 6.45) is 3.08. The van der Waals surface area contributed by atoms with E-state index in [9.17, 15) is 4.79 Å². The third kappa shape index (κ3) is 3.45. The maximum absolute atomic E-state index is 11.6. The van der Waals surface area contributed by atoms with E-state index in [4.69, 9.17) is 12.2 Å². The number of amides is 1. The number of hydrogen-bond donors (Lipinski definition) is 3. The fourth-order valence-corrected chi connectivity index (χ4v) is 1.28. The lowest BCUT2D eigenvalue weighted by molar-refractivity contribution is 0.0943. The number of carbonyl (C=O) groups excluding carboxylic acids is 1. The molecule has 0 saturated carbocycles. The number of pyridine rings is 1. The van der Waals surface area contributed by atoms with Crippen LogP contribution >= 0.6 is 28.1 Å². The average Bonchev–Trinajstić information content (AvgIpc) is 2.26. The summed E-state index contributed by atoms with van der Waals surface area (Å²) in [6.45, 7) is 0. The molecule has 1 rings (SSSR count). The number of halogens is 1. The first-order chi connectivity index (χ1) is 7.15. The molecule has 1 aromatic heterocycles. The third-order valence-corrected chi connectivity index (χ3v) is 2.47. The lowest BCUT2D eigenvalue weighted by atomic mass is 10.2. The Morgan fingerprint density at radius 3 is 2.87 bits per heavy atom. The predicted molar refractivity (Wildman–Crippen MR) is 64.2 cm³/mol. The Morgan fingerprint density at radius 1 is 1.53 bits per heavy atom. The molecule has 0 aromatic carbocycles. The van der Waals surface area contributed by atoms with Gasteiger partial charge in [0.05, 0.1) is 5.56 Å². The molecule has 7 heteroatoms. The number of thiocarbonyl (C=S) groups is 1. The van der Waals surface area contributed by atoms with Crippen LogP contribution in [0.4, 0.5) is 0 Å². The first kappa shape index (κ1) is 11.9. The van der Waals surface area contributed by atoms with Crippen LogP contribution in [0.5, 0.6) is 0 Å². The summed E-state index contributed by atoms with van der Waals surface area (Å²) in [6, 6.07) is 1.60. The van der Waals surface area contributed by atoms with Gasteiger partial charge >= 0.3 is 0 Å². The predicted octanol–water partition coefficient (Wildman–Crippen LogP) is 0.583. The number of nitrogens with zero attached hydrogens (tertiary/aromatic N) is 1. The van der Waals surface area contributed by atoms with Crippen LogP contribution in [0.1, 0.15) is 10.4 Å². The lowest BCUT2D eigenvalue weighted by Crippen LogP contribution is -2.45. The highest BCUT2D eigenvalue weighted by atomic mass is 79.9. The molecule has 80 valence electrons. The molecule has 0 saturated heterocycles. The Hall–Kier alpha value is -1.21. The molecule has 0 fully saturated rings. The summed E-state index contributed by atoms with van der Waals surface area (Å²) in [4.78, 5) is 15.4. The molecule has 0 spiro atoms. The monoisotopic (exact) mass is 288 g/mol. The summed E-state index contributed by atoms with van der Waals surface area (Å²) in [7, 11) is 1.66. The SMILES string of the molecule is CNC(=S)NNC(=O)c1ccncc1Br. The highest BCUT2D eigenvalue weighted by molar-refractivity contribution is 9.10. The van der Waals surface area contributed by atoms with Crippen molar-refractivity contribution >= 4 is 39.2 Å². The smallest absolute Gasteiger partial charge is 0.270 e. The van der Waals surface area contributed by atoms with Crippen molar-refractivity contribution in [3.05, 3.63) is 28.5 Å². The van der Waals surface area contributed by atoms with E-state index in [1.807, 2.05) is 0 Å². The van der Waals surface area contributed by atoms with Gasteiger partial charge in [-0.3, -0.25) is 20.6 Å². The Labute approximate surface area is 101 Å². The standard InChI is InChI=1S/C8H9BrN4OS/c1-10-8(15)13-12-7(14)5-2-3-11-4-6(5)9/h2-4H,1H3,(H,12,14)(H2,10,13,15). The van der Waals surface area contributed by atoms with Gasteiger partial charge in [0, 0.05) is 23.9 Å². The summed E-state index contributed by atoms with van der Waals surface area (Å²) in [5.41, 5.74) is 5.46. The first-order valence-electron chi connectivity index (χ1n) is 4.02. The molecule has 0 bridgehead atoms. The minimum atomic E-state index is -0.290. The van der Waals surface area contributed by atoms with Gasteiger partial charge in [-0.1, -0.05) is 0 Å². The van der Waals surface area contributed by atoms with Gasteiger partial charge in [-0.2, -0.15) is 0 Å². The first-order valence-corrected chi connectivity index (χ1v) is 5.23. The number of aromatic nitrogens is 1. The normalized spacial score (nSPS) is 9.20. The number of nitrogens with one attached hydrogen (secondary N) is 3. The fraction of sp³-hybridized carbons (Fsp3) is 0.125. The highest BCUT2D eigenvalue weighted by Crippen LogP contribution is 2.13. The van der Waals surface area contributed by atoms with E-state index in [0.29, 0.717) is 15.1 Å². The Morgan fingerprint density at radius 2 is 2.27 bits per heavy atom. The number of carbonyl (C=O) groups is 1. The summed E-state index contributed by atoms with van der Waals surface area (Å²) in [5.74, 6) is -0.290. The summed E-state index contributed by atoms with van der Waals surface area (Å²) < 4.78 is 0.625.